The zero-order valence-corrected chi connectivity index (χ0v) is 13.1. The van der Waals surface area contributed by atoms with Gasteiger partial charge >= 0.3 is 5.97 Å². The van der Waals surface area contributed by atoms with Gasteiger partial charge in [0.2, 0.25) is 10.0 Å². The summed E-state index contributed by atoms with van der Waals surface area (Å²) >= 11 is 4.31. The van der Waals surface area contributed by atoms with Gasteiger partial charge in [0.15, 0.2) is 0 Å². The number of nitrogens with one attached hydrogen (secondary N) is 1. The zero-order valence-electron chi connectivity index (χ0n) is 9.91. The average molecular weight is 377 g/mol. The third kappa shape index (κ3) is 3.63. The second kappa shape index (κ2) is 6.00. The summed E-state index contributed by atoms with van der Waals surface area (Å²) < 4.78 is 27.3. The molecule has 2 heterocycles. The molecule has 0 atom stereocenters. The number of aromatic carboxylic acids is 1. The number of hydrogen-bond acceptors (Lipinski definition) is 5. The van der Waals surface area contributed by atoms with Crippen LogP contribution in [0, 0.1) is 0 Å². The van der Waals surface area contributed by atoms with Crippen LogP contribution in [0.2, 0.25) is 0 Å². The number of hydrogen-bond donors (Lipinski definition) is 2. The molecule has 0 saturated carbocycles. The second-order valence-electron chi connectivity index (χ2n) is 3.74. The summed E-state index contributed by atoms with van der Waals surface area (Å²) in [6.07, 6.45) is 1.33. The van der Waals surface area contributed by atoms with E-state index in [2.05, 4.69) is 25.6 Å². The summed E-state index contributed by atoms with van der Waals surface area (Å²) in [5, 5.41) is 8.71. The van der Waals surface area contributed by atoms with E-state index in [9.17, 15) is 13.2 Å². The Morgan fingerprint density at radius 2 is 2.10 bits per heavy atom. The number of sulfonamides is 1. The summed E-state index contributed by atoms with van der Waals surface area (Å²) in [6, 6.07) is 6.00. The minimum Gasteiger partial charge on any atom is -0.477 e. The van der Waals surface area contributed by atoms with Gasteiger partial charge in [-0.3, -0.25) is 0 Å². The first-order valence-corrected chi connectivity index (χ1v) is 8.41. The van der Waals surface area contributed by atoms with Crippen molar-refractivity contribution in [2.45, 2.75) is 10.8 Å². The number of carboxylic acid groups (broad SMARTS) is 1. The first-order valence-electron chi connectivity index (χ1n) is 5.32. The van der Waals surface area contributed by atoms with Crippen LogP contribution in [0.15, 0.2) is 38.5 Å². The van der Waals surface area contributed by atoms with Gasteiger partial charge in [-0.2, -0.15) is 0 Å². The highest BCUT2D eigenvalue weighted by Gasteiger charge is 2.16. The maximum absolute atomic E-state index is 12.0. The molecule has 2 aromatic heterocycles. The molecule has 2 rings (SSSR count). The minimum atomic E-state index is -3.57. The van der Waals surface area contributed by atoms with E-state index in [0.29, 0.717) is 5.56 Å². The molecule has 0 aliphatic heterocycles. The molecule has 0 radical (unpaired) electrons. The Hall–Kier alpha value is -1.29. The molecule has 0 amide bonds. The molecule has 2 aromatic rings. The molecule has 0 fully saturated rings. The predicted molar refractivity (Wildman–Crippen MR) is 77.2 cm³/mol. The van der Waals surface area contributed by atoms with Gasteiger partial charge in [0.25, 0.3) is 0 Å². The van der Waals surface area contributed by atoms with Crippen LogP contribution in [-0.4, -0.2) is 24.5 Å². The number of thiophene rings is 1. The molecule has 0 aromatic carbocycles. The fourth-order valence-electron chi connectivity index (χ4n) is 1.35. The largest absolute Gasteiger partial charge is 0.477 e. The molecule has 2 N–H and O–H groups in total. The normalized spacial score (nSPS) is 11.4. The number of pyridine rings is 1. The van der Waals surface area contributed by atoms with E-state index >= 15 is 0 Å². The highest BCUT2D eigenvalue weighted by Crippen LogP contribution is 2.25. The van der Waals surface area contributed by atoms with Crippen molar-refractivity contribution in [1.82, 2.24) is 9.71 Å². The first-order chi connectivity index (χ1) is 9.38. The Labute approximate surface area is 127 Å². The van der Waals surface area contributed by atoms with Crippen molar-refractivity contribution in [3.63, 3.8) is 0 Å². The Bertz CT molecular complexity index is 725. The first kappa shape index (κ1) is 15.1. The van der Waals surface area contributed by atoms with Gasteiger partial charge in [0.1, 0.15) is 9.90 Å². The van der Waals surface area contributed by atoms with Crippen LogP contribution in [0.5, 0.6) is 0 Å². The molecule has 0 aliphatic carbocycles. The van der Waals surface area contributed by atoms with Crippen molar-refractivity contribution in [2.75, 3.05) is 0 Å². The maximum Gasteiger partial charge on any atom is 0.354 e. The third-order valence-corrected chi connectivity index (χ3v) is 5.84. The lowest BCUT2D eigenvalue weighted by atomic mass is 10.2. The highest BCUT2D eigenvalue weighted by molar-refractivity contribution is 9.11. The lowest BCUT2D eigenvalue weighted by molar-refractivity contribution is 0.0690. The molecular formula is C11H9BrN2O4S2. The van der Waals surface area contributed by atoms with Crippen LogP contribution in [-0.2, 0) is 16.6 Å². The van der Waals surface area contributed by atoms with Gasteiger partial charge < -0.3 is 5.11 Å². The van der Waals surface area contributed by atoms with Crippen molar-refractivity contribution in [2.24, 2.45) is 0 Å². The molecule has 0 aliphatic rings. The highest BCUT2D eigenvalue weighted by atomic mass is 79.9. The van der Waals surface area contributed by atoms with Gasteiger partial charge in [-0.05, 0) is 39.7 Å². The maximum atomic E-state index is 12.0. The number of rotatable bonds is 5. The van der Waals surface area contributed by atoms with E-state index in [1.54, 1.807) is 6.07 Å². The molecule has 0 bridgehead atoms. The minimum absolute atomic E-state index is 0.0464. The molecule has 106 valence electrons. The predicted octanol–water partition coefficient (Wildman–Crippen LogP) is 2.08. The number of nitrogens with zero attached hydrogens (tertiary/aromatic N) is 1. The Morgan fingerprint density at radius 3 is 2.60 bits per heavy atom. The number of aromatic nitrogens is 1. The topological polar surface area (TPSA) is 96.4 Å². The summed E-state index contributed by atoms with van der Waals surface area (Å²) in [5.74, 6) is -1.12. The Kier molecular flexibility index (Phi) is 4.53. The van der Waals surface area contributed by atoms with Gasteiger partial charge in [0, 0.05) is 12.7 Å². The van der Waals surface area contributed by atoms with E-state index in [0.717, 1.165) is 15.1 Å². The van der Waals surface area contributed by atoms with Gasteiger partial charge in [0.05, 0.1) is 3.79 Å². The van der Waals surface area contributed by atoms with Crippen LogP contribution >= 0.6 is 27.3 Å². The van der Waals surface area contributed by atoms with Crippen molar-refractivity contribution < 1.29 is 18.3 Å². The average Bonchev–Trinajstić information content (AvgIpc) is 2.84. The monoisotopic (exact) mass is 376 g/mol. The van der Waals surface area contributed by atoms with Gasteiger partial charge in [-0.15, -0.1) is 11.3 Å². The van der Waals surface area contributed by atoms with E-state index in [-0.39, 0.29) is 16.4 Å². The molecule has 6 nitrogen and oxygen atoms in total. The van der Waals surface area contributed by atoms with E-state index < -0.39 is 16.0 Å². The van der Waals surface area contributed by atoms with Crippen LogP contribution in [0.25, 0.3) is 0 Å². The standard InChI is InChI=1S/C11H9BrN2O4S2/c12-9-3-4-10(19-9)20(17,18)14-6-7-1-2-8(11(15)16)13-5-7/h1-5,14H,6H2,(H,15,16). The third-order valence-electron chi connectivity index (χ3n) is 2.32. The van der Waals surface area contributed by atoms with Crippen molar-refractivity contribution in [3.05, 3.63) is 45.5 Å². The lowest BCUT2D eigenvalue weighted by Crippen LogP contribution is -2.22. The quantitative estimate of drug-likeness (QED) is 0.832. The molecular weight excluding hydrogens is 368 g/mol. The molecule has 0 unspecified atom stereocenters. The number of carboxylic acids is 1. The zero-order chi connectivity index (χ0) is 14.8. The smallest absolute Gasteiger partial charge is 0.354 e. The lowest BCUT2D eigenvalue weighted by Gasteiger charge is -2.04. The van der Waals surface area contributed by atoms with Crippen LogP contribution < -0.4 is 4.72 Å². The summed E-state index contributed by atoms with van der Waals surface area (Å²) in [4.78, 5) is 14.4. The Balaban J connectivity index is 2.06. The fourth-order valence-corrected chi connectivity index (χ4v) is 4.42. The summed E-state index contributed by atoms with van der Waals surface area (Å²) in [7, 11) is -3.57. The summed E-state index contributed by atoms with van der Waals surface area (Å²) in [6.45, 7) is 0.0464. The summed E-state index contributed by atoms with van der Waals surface area (Å²) in [5.41, 5.74) is 0.494. The van der Waals surface area contributed by atoms with E-state index in [1.807, 2.05) is 0 Å². The fraction of sp³-hybridized carbons (Fsp3) is 0.0909. The van der Waals surface area contributed by atoms with E-state index in [1.165, 1.54) is 24.4 Å². The Morgan fingerprint density at radius 1 is 1.35 bits per heavy atom. The van der Waals surface area contributed by atoms with Gasteiger partial charge in [-0.1, -0.05) is 6.07 Å². The molecule has 20 heavy (non-hydrogen) atoms. The van der Waals surface area contributed by atoms with Crippen LogP contribution in [0.4, 0.5) is 0 Å². The molecule has 0 saturated heterocycles. The van der Waals surface area contributed by atoms with Crippen LogP contribution in [0.1, 0.15) is 16.1 Å². The number of halogens is 1. The van der Waals surface area contributed by atoms with E-state index in [4.69, 9.17) is 5.11 Å². The van der Waals surface area contributed by atoms with Crippen LogP contribution in [0.3, 0.4) is 0 Å². The van der Waals surface area contributed by atoms with Crippen molar-refractivity contribution in [1.29, 1.82) is 0 Å². The SMILES string of the molecule is O=C(O)c1ccc(CNS(=O)(=O)c2ccc(Br)s2)cn1. The van der Waals surface area contributed by atoms with Crippen molar-refractivity contribution >= 4 is 43.3 Å². The van der Waals surface area contributed by atoms with Gasteiger partial charge in [-0.25, -0.2) is 22.9 Å². The molecule has 9 heteroatoms. The van der Waals surface area contributed by atoms with Crippen molar-refractivity contribution in [3.8, 4) is 0 Å². The number of carbonyl (C=O) groups is 1. The second-order valence-corrected chi connectivity index (χ2v) is 8.20. The molecule has 0 spiro atoms.